The monoisotopic (exact) mass is 436 g/mol. The van der Waals surface area contributed by atoms with Crippen LogP contribution in [0.5, 0.6) is 0 Å². The fourth-order valence-electron chi connectivity index (χ4n) is 4.99. The van der Waals surface area contributed by atoms with Crippen molar-refractivity contribution in [2.75, 3.05) is 13.2 Å². The normalized spacial score (nSPS) is 34.6. The number of ether oxygens (including phenoxy) is 4. The van der Waals surface area contributed by atoms with E-state index in [1.165, 1.54) is 0 Å². The highest BCUT2D eigenvalue weighted by molar-refractivity contribution is 5.50. The van der Waals surface area contributed by atoms with Crippen molar-refractivity contribution >= 4 is 6.29 Å². The summed E-state index contributed by atoms with van der Waals surface area (Å²) in [6.45, 7) is 3.59. The minimum atomic E-state index is -0.518. The molecule has 0 bridgehead atoms. The summed E-state index contributed by atoms with van der Waals surface area (Å²) in [4.78, 5) is 11.3. The molecule has 0 aromatic heterocycles. The second-order valence-corrected chi connectivity index (χ2v) is 9.07. The van der Waals surface area contributed by atoms with Crippen LogP contribution >= 0.6 is 0 Å². The number of hydrogen-bond donors (Lipinski definition) is 1. The first-order valence-electron chi connectivity index (χ1n) is 12.4. The van der Waals surface area contributed by atoms with E-state index < -0.39 is 6.10 Å². The van der Waals surface area contributed by atoms with Gasteiger partial charge >= 0.3 is 0 Å². The molecule has 31 heavy (non-hydrogen) atoms. The number of aldehydes is 1. The molecular formula is C25H40O6. The summed E-state index contributed by atoms with van der Waals surface area (Å²) in [6.07, 6.45) is 10.2. The Kier molecular flexibility index (Phi) is 10.8. The molecule has 3 aliphatic rings. The number of unbranched alkanes of at least 4 members (excludes halogenated alkanes) is 1. The molecule has 1 saturated carbocycles. The molecule has 0 aromatic rings. The smallest absolute Gasteiger partial charge is 0.159 e. The van der Waals surface area contributed by atoms with Gasteiger partial charge in [0.15, 0.2) is 12.6 Å². The van der Waals surface area contributed by atoms with Gasteiger partial charge in [0.2, 0.25) is 0 Å². The zero-order chi connectivity index (χ0) is 21.9. The van der Waals surface area contributed by atoms with E-state index in [2.05, 4.69) is 18.8 Å². The third-order valence-electron chi connectivity index (χ3n) is 6.68. The van der Waals surface area contributed by atoms with Gasteiger partial charge in [-0.25, -0.2) is 0 Å². The zero-order valence-electron chi connectivity index (χ0n) is 19.0. The van der Waals surface area contributed by atoms with E-state index in [0.29, 0.717) is 12.8 Å². The Hall–Kier alpha value is -0.970. The maximum atomic E-state index is 11.3. The highest BCUT2D eigenvalue weighted by atomic mass is 16.7. The van der Waals surface area contributed by atoms with Crippen LogP contribution in [0, 0.1) is 23.7 Å². The zero-order valence-corrected chi connectivity index (χ0v) is 19.0. The first-order chi connectivity index (χ1) is 15.2. The largest absolute Gasteiger partial charge is 0.393 e. The SMILES string of the molecule is CCCC#CC(CCC1C(OC2CCCCO2)CC(O)C1CC=O)OC1CCCCO1. The van der Waals surface area contributed by atoms with E-state index in [1.807, 2.05) is 0 Å². The Morgan fingerprint density at radius 3 is 2.48 bits per heavy atom. The lowest BCUT2D eigenvalue weighted by atomic mass is 9.86. The van der Waals surface area contributed by atoms with Crippen LogP contribution in [0.3, 0.4) is 0 Å². The van der Waals surface area contributed by atoms with Gasteiger partial charge in [0.25, 0.3) is 0 Å². The fraction of sp³-hybridized carbons (Fsp3) is 0.880. The second-order valence-electron chi connectivity index (χ2n) is 9.07. The lowest BCUT2D eigenvalue weighted by molar-refractivity contribution is -0.198. The summed E-state index contributed by atoms with van der Waals surface area (Å²) in [7, 11) is 0. The molecule has 6 nitrogen and oxygen atoms in total. The predicted molar refractivity (Wildman–Crippen MR) is 117 cm³/mol. The van der Waals surface area contributed by atoms with Gasteiger partial charge in [-0.15, -0.1) is 5.92 Å². The summed E-state index contributed by atoms with van der Waals surface area (Å²) in [5.74, 6) is 6.54. The van der Waals surface area contributed by atoms with Crippen LogP contribution in [0.2, 0.25) is 0 Å². The minimum absolute atomic E-state index is 0.0822. The van der Waals surface area contributed by atoms with Crippen molar-refractivity contribution in [2.24, 2.45) is 11.8 Å². The Morgan fingerprint density at radius 2 is 1.84 bits per heavy atom. The van der Waals surface area contributed by atoms with E-state index in [-0.39, 0.29) is 36.6 Å². The van der Waals surface area contributed by atoms with Gasteiger partial charge in [0.1, 0.15) is 12.4 Å². The van der Waals surface area contributed by atoms with Gasteiger partial charge in [0, 0.05) is 32.5 Å². The average molecular weight is 437 g/mol. The molecule has 0 spiro atoms. The molecule has 7 atom stereocenters. The van der Waals surface area contributed by atoms with Gasteiger partial charge in [0.05, 0.1) is 12.2 Å². The average Bonchev–Trinajstić information content (AvgIpc) is 3.07. The summed E-state index contributed by atoms with van der Waals surface area (Å²) in [5, 5.41) is 10.6. The molecule has 2 saturated heterocycles. The first kappa shape index (κ1) is 24.7. The van der Waals surface area contributed by atoms with Crippen LogP contribution in [-0.2, 0) is 23.7 Å². The number of aliphatic hydroxyl groups excluding tert-OH is 1. The summed E-state index contributed by atoms with van der Waals surface area (Å²) in [6, 6.07) is 0. The Morgan fingerprint density at radius 1 is 1.10 bits per heavy atom. The Balaban J connectivity index is 1.62. The summed E-state index contributed by atoms with van der Waals surface area (Å²) < 4.78 is 24.0. The van der Waals surface area contributed by atoms with Crippen molar-refractivity contribution in [3.63, 3.8) is 0 Å². The quantitative estimate of drug-likeness (QED) is 0.412. The van der Waals surface area contributed by atoms with Crippen LogP contribution in [0.15, 0.2) is 0 Å². The minimum Gasteiger partial charge on any atom is -0.393 e. The molecule has 6 heteroatoms. The molecule has 176 valence electrons. The van der Waals surface area contributed by atoms with Crippen LogP contribution in [-0.4, -0.2) is 55.5 Å². The van der Waals surface area contributed by atoms with Gasteiger partial charge in [-0.3, -0.25) is 0 Å². The van der Waals surface area contributed by atoms with Crippen molar-refractivity contribution in [3.8, 4) is 11.8 Å². The molecule has 1 aliphatic carbocycles. The molecular weight excluding hydrogens is 396 g/mol. The standard InChI is InChI=1S/C25H40O6/c1-2-3-4-9-19(30-24-10-5-7-16-28-24)12-13-21-20(14-15-26)22(27)18-23(21)31-25-11-6-8-17-29-25/h15,19-25,27H,2-3,5-8,10-14,16-18H2,1H3. The number of carbonyl (C=O) groups excluding carboxylic acids is 1. The van der Waals surface area contributed by atoms with Crippen molar-refractivity contribution in [3.05, 3.63) is 0 Å². The lowest BCUT2D eigenvalue weighted by Crippen LogP contribution is -2.33. The molecule has 0 radical (unpaired) electrons. The number of hydrogen-bond acceptors (Lipinski definition) is 6. The van der Waals surface area contributed by atoms with E-state index in [1.54, 1.807) is 0 Å². The molecule has 2 heterocycles. The predicted octanol–water partition coefficient (Wildman–Crippen LogP) is 3.98. The van der Waals surface area contributed by atoms with Crippen LogP contribution in [0.4, 0.5) is 0 Å². The van der Waals surface area contributed by atoms with Crippen LogP contribution < -0.4 is 0 Å². The lowest BCUT2D eigenvalue weighted by Gasteiger charge is -2.31. The number of carbonyl (C=O) groups is 1. The molecule has 2 aliphatic heterocycles. The van der Waals surface area contributed by atoms with Crippen LogP contribution in [0.25, 0.3) is 0 Å². The van der Waals surface area contributed by atoms with Crippen molar-refractivity contribution in [1.29, 1.82) is 0 Å². The molecule has 3 fully saturated rings. The third-order valence-corrected chi connectivity index (χ3v) is 6.68. The van der Waals surface area contributed by atoms with Gasteiger partial charge in [-0.2, -0.15) is 0 Å². The maximum Gasteiger partial charge on any atom is 0.159 e. The van der Waals surface area contributed by atoms with Crippen LogP contribution in [0.1, 0.15) is 84.0 Å². The number of rotatable bonds is 10. The Bertz CT molecular complexity index is 572. The van der Waals surface area contributed by atoms with Gasteiger partial charge in [-0.1, -0.05) is 12.8 Å². The van der Waals surface area contributed by atoms with Crippen molar-refractivity contribution in [1.82, 2.24) is 0 Å². The van der Waals surface area contributed by atoms with E-state index in [0.717, 1.165) is 83.7 Å². The third kappa shape index (κ3) is 7.83. The summed E-state index contributed by atoms with van der Waals surface area (Å²) >= 11 is 0. The van der Waals surface area contributed by atoms with Gasteiger partial charge in [-0.05, 0) is 69.6 Å². The highest BCUT2D eigenvalue weighted by Crippen LogP contribution is 2.40. The van der Waals surface area contributed by atoms with E-state index in [4.69, 9.17) is 18.9 Å². The molecule has 3 rings (SSSR count). The summed E-state index contributed by atoms with van der Waals surface area (Å²) in [5.41, 5.74) is 0. The van der Waals surface area contributed by atoms with E-state index >= 15 is 0 Å². The molecule has 0 amide bonds. The van der Waals surface area contributed by atoms with Crippen molar-refractivity contribution < 1.29 is 28.8 Å². The number of aliphatic hydroxyl groups is 1. The second kappa shape index (κ2) is 13.5. The topological polar surface area (TPSA) is 74.2 Å². The van der Waals surface area contributed by atoms with E-state index in [9.17, 15) is 9.90 Å². The van der Waals surface area contributed by atoms with Crippen molar-refractivity contribution in [2.45, 2.75) is 115 Å². The maximum absolute atomic E-state index is 11.3. The molecule has 0 aromatic carbocycles. The fourth-order valence-corrected chi connectivity index (χ4v) is 4.99. The Labute approximate surface area is 187 Å². The highest BCUT2D eigenvalue weighted by Gasteiger charge is 2.44. The van der Waals surface area contributed by atoms with Gasteiger partial charge < -0.3 is 28.8 Å². The molecule has 1 N–H and O–H groups in total. The first-order valence-corrected chi connectivity index (χ1v) is 12.4. The molecule has 7 unspecified atom stereocenters.